The molecule has 7 N–H and O–H groups in total. The Bertz CT molecular complexity index is 1570. The summed E-state index contributed by atoms with van der Waals surface area (Å²) in [4.78, 5) is 94.8. The molecule has 15 heteroatoms. The minimum Gasteiger partial charge on any atom is -0.481 e. The number of aliphatic carboxylic acids is 1. The molecule has 0 aliphatic carbocycles. The van der Waals surface area contributed by atoms with Gasteiger partial charge < -0.3 is 41.9 Å². The summed E-state index contributed by atoms with van der Waals surface area (Å²) in [6, 6.07) is 11.9. The SMILES string of the molecule is CC(C)C[C@H](NC(=O)CCN(C)C)C(=O)N1CCC[C@@H]1C(=O)N[C@@H](Cc1ccccc1)C(=O)N[C@@H](Cc1ccccc1)C(=O)N[C@@H](CC(=O)O)C(N)=O. The Morgan fingerprint density at radius 3 is 1.81 bits per heavy atom. The zero-order valence-electron chi connectivity index (χ0n) is 30.9. The maximum absolute atomic E-state index is 14.1. The molecule has 0 spiro atoms. The first kappa shape index (κ1) is 42.1. The van der Waals surface area contributed by atoms with Crippen molar-refractivity contribution in [2.45, 2.75) is 89.0 Å². The Morgan fingerprint density at radius 2 is 1.32 bits per heavy atom. The number of hydrogen-bond donors (Lipinski definition) is 6. The molecule has 3 rings (SSSR count). The van der Waals surface area contributed by atoms with Gasteiger partial charge >= 0.3 is 5.97 Å². The number of carboxylic acids is 1. The summed E-state index contributed by atoms with van der Waals surface area (Å²) < 4.78 is 0. The topological polar surface area (TPSA) is 220 Å². The van der Waals surface area contributed by atoms with Crippen LogP contribution in [0.1, 0.15) is 57.1 Å². The minimum atomic E-state index is -1.53. The van der Waals surface area contributed by atoms with Crippen molar-refractivity contribution in [1.82, 2.24) is 31.1 Å². The number of nitrogens with one attached hydrogen (secondary N) is 4. The predicted octanol–water partition coefficient (Wildman–Crippen LogP) is 0.360. The summed E-state index contributed by atoms with van der Waals surface area (Å²) in [5.74, 6) is -5.09. The van der Waals surface area contributed by atoms with Crippen LogP contribution in [0.3, 0.4) is 0 Å². The van der Waals surface area contributed by atoms with E-state index in [1.54, 1.807) is 60.7 Å². The lowest BCUT2D eigenvalue weighted by molar-refractivity contribution is -0.142. The van der Waals surface area contributed by atoms with Gasteiger partial charge in [0.05, 0.1) is 6.42 Å². The third-order valence-electron chi connectivity index (χ3n) is 8.83. The Morgan fingerprint density at radius 1 is 0.792 bits per heavy atom. The van der Waals surface area contributed by atoms with E-state index in [1.807, 2.05) is 32.8 Å². The maximum Gasteiger partial charge on any atom is 0.305 e. The van der Waals surface area contributed by atoms with Crippen molar-refractivity contribution in [2.75, 3.05) is 27.2 Å². The van der Waals surface area contributed by atoms with Crippen LogP contribution < -0.4 is 27.0 Å². The van der Waals surface area contributed by atoms with Crippen LogP contribution in [0.4, 0.5) is 0 Å². The minimum absolute atomic E-state index is 0.0224. The maximum atomic E-state index is 14.1. The highest BCUT2D eigenvalue weighted by Gasteiger charge is 2.39. The van der Waals surface area contributed by atoms with Crippen LogP contribution >= 0.6 is 0 Å². The van der Waals surface area contributed by atoms with Crippen molar-refractivity contribution >= 4 is 41.4 Å². The van der Waals surface area contributed by atoms with Gasteiger partial charge in [-0.15, -0.1) is 0 Å². The van der Waals surface area contributed by atoms with Crippen molar-refractivity contribution < 1.29 is 38.7 Å². The van der Waals surface area contributed by atoms with Crippen molar-refractivity contribution in [3.63, 3.8) is 0 Å². The van der Waals surface area contributed by atoms with Crippen LogP contribution in [-0.2, 0) is 46.4 Å². The zero-order valence-corrected chi connectivity index (χ0v) is 30.9. The van der Waals surface area contributed by atoms with E-state index in [-0.39, 0.29) is 37.0 Å². The van der Waals surface area contributed by atoms with Crippen LogP contribution in [0.2, 0.25) is 0 Å². The van der Waals surface area contributed by atoms with E-state index in [2.05, 4.69) is 21.3 Å². The predicted molar refractivity (Wildman–Crippen MR) is 197 cm³/mol. The van der Waals surface area contributed by atoms with E-state index in [1.165, 1.54) is 4.90 Å². The number of nitrogens with zero attached hydrogens (tertiary/aromatic N) is 2. The molecular formula is C38H53N7O8. The first-order valence-corrected chi connectivity index (χ1v) is 17.9. The van der Waals surface area contributed by atoms with Crippen LogP contribution in [0.5, 0.6) is 0 Å². The molecule has 1 heterocycles. The second kappa shape index (κ2) is 20.7. The number of benzene rings is 2. The molecule has 1 fully saturated rings. The quantitative estimate of drug-likeness (QED) is 0.110. The molecule has 0 bridgehead atoms. The van der Waals surface area contributed by atoms with Gasteiger partial charge in [0, 0.05) is 32.4 Å². The molecule has 2 aromatic rings. The third kappa shape index (κ3) is 14.0. The molecule has 0 aromatic heterocycles. The summed E-state index contributed by atoms with van der Waals surface area (Å²) in [7, 11) is 3.70. The van der Waals surface area contributed by atoms with Crippen LogP contribution in [0.25, 0.3) is 0 Å². The fraction of sp³-hybridized carbons (Fsp3) is 0.500. The van der Waals surface area contributed by atoms with Crippen molar-refractivity contribution in [3.8, 4) is 0 Å². The van der Waals surface area contributed by atoms with Gasteiger partial charge in [0.1, 0.15) is 30.2 Å². The van der Waals surface area contributed by atoms with E-state index in [4.69, 9.17) is 5.73 Å². The summed E-state index contributed by atoms with van der Waals surface area (Å²) >= 11 is 0. The van der Waals surface area contributed by atoms with E-state index in [0.717, 1.165) is 0 Å². The second-order valence-corrected chi connectivity index (χ2v) is 14.1. The van der Waals surface area contributed by atoms with Gasteiger partial charge in [0.15, 0.2) is 0 Å². The van der Waals surface area contributed by atoms with Crippen molar-refractivity contribution in [3.05, 3.63) is 71.8 Å². The number of primary amides is 1. The zero-order chi connectivity index (χ0) is 39.1. The first-order chi connectivity index (χ1) is 25.1. The fourth-order valence-electron chi connectivity index (χ4n) is 6.12. The molecule has 1 aliphatic heterocycles. The second-order valence-electron chi connectivity index (χ2n) is 14.1. The fourth-order valence-corrected chi connectivity index (χ4v) is 6.12. The summed E-state index contributed by atoms with van der Waals surface area (Å²) in [6.45, 7) is 4.69. The molecule has 0 unspecified atom stereocenters. The number of nitrogens with two attached hydrogens (primary N) is 1. The Kier molecular flexibility index (Phi) is 16.4. The number of amides is 6. The van der Waals surface area contributed by atoms with Crippen LogP contribution in [0, 0.1) is 5.92 Å². The van der Waals surface area contributed by atoms with E-state index >= 15 is 0 Å². The molecule has 6 amide bonds. The highest BCUT2D eigenvalue weighted by molar-refractivity contribution is 5.97. The number of carbonyl (C=O) groups is 7. The van der Waals surface area contributed by atoms with Gasteiger partial charge in [-0.25, -0.2) is 0 Å². The van der Waals surface area contributed by atoms with E-state index < -0.39 is 66.2 Å². The highest BCUT2D eigenvalue weighted by Crippen LogP contribution is 2.21. The van der Waals surface area contributed by atoms with Gasteiger partial charge in [0.2, 0.25) is 35.4 Å². The summed E-state index contributed by atoms with van der Waals surface area (Å²) in [5, 5.41) is 20.0. The van der Waals surface area contributed by atoms with Crippen molar-refractivity contribution in [2.24, 2.45) is 11.7 Å². The van der Waals surface area contributed by atoms with E-state index in [0.29, 0.717) is 43.5 Å². The Balaban J connectivity index is 1.86. The van der Waals surface area contributed by atoms with Gasteiger partial charge in [0.25, 0.3) is 0 Å². The van der Waals surface area contributed by atoms with Crippen molar-refractivity contribution in [1.29, 1.82) is 0 Å². The lowest BCUT2D eigenvalue weighted by Gasteiger charge is -2.31. The molecule has 0 saturated carbocycles. The monoisotopic (exact) mass is 735 g/mol. The van der Waals surface area contributed by atoms with Gasteiger partial charge in [-0.05, 0) is 50.4 Å². The Hall–Kier alpha value is -5.31. The average Bonchev–Trinajstić information content (AvgIpc) is 3.60. The van der Waals surface area contributed by atoms with Gasteiger partial charge in [-0.1, -0.05) is 74.5 Å². The third-order valence-corrected chi connectivity index (χ3v) is 8.83. The normalized spacial score (nSPS) is 16.3. The van der Waals surface area contributed by atoms with E-state index in [9.17, 15) is 38.7 Å². The van der Waals surface area contributed by atoms with Crippen LogP contribution in [0.15, 0.2) is 60.7 Å². The molecule has 0 radical (unpaired) electrons. The molecule has 15 nitrogen and oxygen atoms in total. The standard InChI is InChI=1S/C38H53N7O8/c1-24(2)20-30(40-32(46)17-19-44(3)4)38(53)45-18-11-16-31(45)37(52)43-29(22-26-14-9-6-10-15-26)36(51)42-28(21-25-12-7-5-8-13-25)35(50)41-27(34(39)49)23-33(47)48/h5-10,12-15,24,27-31H,11,16-23H2,1-4H3,(H2,39,49)(H,40,46)(H,41,50)(H,42,51)(H,43,52)(H,47,48)/t27-,28-,29-,30-,31+/m0/s1. The lowest BCUT2D eigenvalue weighted by atomic mass is 10.0. The number of hydrogen-bond acceptors (Lipinski definition) is 8. The molecule has 53 heavy (non-hydrogen) atoms. The molecule has 2 aromatic carbocycles. The number of carboxylic acid groups (broad SMARTS) is 1. The molecular weight excluding hydrogens is 682 g/mol. The summed E-state index contributed by atoms with van der Waals surface area (Å²) in [5.41, 5.74) is 6.73. The molecule has 288 valence electrons. The largest absolute Gasteiger partial charge is 0.481 e. The van der Waals surface area contributed by atoms with Gasteiger partial charge in [-0.3, -0.25) is 33.6 Å². The smallest absolute Gasteiger partial charge is 0.305 e. The number of carbonyl (C=O) groups excluding carboxylic acids is 6. The summed E-state index contributed by atoms with van der Waals surface area (Å²) in [6.07, 6.45) is 0.737. The molecule has 1 saturated heterocycles. The number of rotatable bonds is 20. The Labute approximate surface area is 310 Å². The molecule has 5 atom stereocenters. The average molecular weight is 736 g/mol. The van der Waals surface area contributed by atoms with Crippen LogP contribution in [-0.4, -0.2) is 114 Å². The lowest BCUT2D eigenvalue weighted by Crippen LogP contribution is -2.59. The first-order valence-electron chi connectivity index (χ1n) is 17.9. The van der Waals surface area contributed by atoms with Gasteiger partial charge in [-0.2, -0.15) is 0 Å². The number of likely N-dealkylation sites (tertiary alicyclic amines) is 1. The highest BCUT2D eigenvalue weighted by atomic mass is 16.4. The molecule has 1 aliphatic rings.